The Bertz CT molecular complexity index is 1220. The van der Waals surface area contributed by atoms with Crippen molar-refractivity contribution in [1.29, 1.82) is 0 Å². The van der Waals surface area contributed by atoms with E-state index in [4.69, 9.17) is 25.5 Å². The van der Waals surface area contributed by atoms with Gasteiger partial charge in [-0.2, -0.15) is 26.3 Å². The zero-order chi connectivity index (χ0) is 34.1. The van der Waals surface area contributed by atoms with Crippen molar-refractivity contribution in [3.63, 3.8) is 0 Å². The third-order valence-electron chi connectivity index (χ3n) is 10.2. The second-order valence-electron chi connectivity index (χ2n) is 13.7. The molecule has 0 spiro atoms. The van der Waals surface area contributed by atoms with Gasteiger partial charge >= 0.3 is 24.3 Å². The Morgan fingerprint density at radius 1 is 0.891 bits per heavy atom. The quantitative estimate of drug-likeness (QED) is 0.208. The molecule has 0 aromatic heterocycles. The molecule has 258 valence electrons. The largest absolute Gasteiger partial charge is 0.490 e. The van der Waals surface area contributed by atoms with E-state index < -0.39 is 24.3 Å². The SMILES string of the molecule is NC(=O)c1cccc(C2CC3CCC(C2)N3CCNCC23CC4CC(CC(O)(C4)C2)C3)c1.O=C(O)C(F)(F)F.O=C(O)C(F)(F)F. The molecule has 1 amide bonds. The number of fused-ring (bicyclic) bond motifs is 2. The molecule has 6 N–H and O–H groups in total. The van der Waals surface area contributed by atoms with Crippen LogP contribution >= 0.6 is 0 Å². The van der Waals surface area contributed by atoms with E-state index >= 15 is 0 Å². The van der Waals surface area contributed by atoms with Gasteiger partial charge < -0.3 is 26.4 Å². The third-order valence-corrected chi connectivity index (χ3v) is 10.2. The summed E-state index contributed by atoms with van der Waals surface area (Å²) in [5.41, 5.74) is 7.43. The minimum absolute atomic E-state index is 0.329. The number of alkyl halides is 6. The maximum Gasteiger partial charge on any atom is 0.490 e. The predicted molar refractivity (Wildman–Crippen MR) is 153 cm³/mol. The fourth-order valence-corrected chi connectivity index (χ4v) is 9.03. The van der Waals surface area contributed by atoms with Crippen molar-refractivity contribution >= 4 is 17.8 Å². The van der Waals surface area contributed by atoms with Gasteiger partial charge in [-0.3, -0.25) is 9.69 Å². The molecule has 9 nitrogen and oxygen atoms in total. The Hall–Kier alpha value is -2.91. The fraction of sp³-hybridized carbons (Fsp3) is 0.710. The van der Waals surface area contributed by atoms with Crippen LogP contribution in [0.5, 0.6) is 0 Å². The van der Waals surface area contributed by atoms with E-state index in [0.717, 1.165) is 50.7 Å². The minimum atomic E-state index is -5.08. The van der Waals surface area contributed by atoms with Crippen LogP contribution in [0.25, 0.3) is 0 Å². The number of primary amides is 1. The number of benzene rings is 1. The molecule has 1 aromatic carbocycles. The summed E-state index contributed by atoms with van der Waals surface area (Å²) in [7, 11) is 0. The molecule has 4 aliphatic carbocycles. The number of amides is 1. The van der Waals surface area contributed by atoms with Crippen LogP contribution in [-0.2, 0) is 9.59 Å². The van der Waals surface area contributed by atoms with Gasteiger partial charge in [0.1, 0.15) is 0 Å². The average Bonchev–Trinajstić information content (AvgIpc) is 3.15. The molecular weight excluding hydrogens is 624 g/mol. The molecule has 1 aromatic rings. The minimum Gasteiger partial charge on any atom is -0.475 e. The number of aliphatic hydroxyl groups is 1. The molecule has 15 heteroatoms. The molecular formula is C31H41F6N3O6. The summed E-state index contributed by atoms with van der Waals surface area (Å²) in [5.74, 6) is -3.76. The van der Waals surface area contributed by atoms with E-state index in [1.54, 1.807) is 0 Å². The van der Waals surface area contributed by atoms with Crippen LogP contribution in [0.15, 0.2) is 24.3 Å². The second kappa shape index (κ2) is 13.7. The summed E-state index contributed by atoms with van der Waals surface area (Å²) >= 11 is 0. The van der Waals surface area contributed by atoms with Crippen LogP contribution in [0.1, 0.15) is 86.0 Å². The van der Waals surface area contributed by atoms with Gasteiger partial charge in [0, 0.05) is 37.3 Å². The molecule has 6 aliphatic rings. The Morgan fingerprint density at radius 2 is 1.41 bits per heavy atom. The molecule has 4 atom stereocenters. The Balaban J connectivity index is 0.000000289. The van der Waals surface area contributed by atoms with Gasteiger partial charge in [0.15, 0.2) is 0 Å². The summed E-state index contributed by atoms with van der Waals surface area (Å²) < 4.78 is 63.5. The molecule has 6 fully saturated rings. The monoisotopic (exact) mass is 665 g/mol. The Labute approximate surface area is 262 Å². The van der Waals surface area contributed by atoms with Gasteiger partial charge in [-0.25, -0.2) is 9.59 Å². The van der Waals surface area contributed by atoms with Crippen molar-refractivity contribution in [1.82, 2.24) is 10.2 Å². The summed E-state index contributed by atoms with van der Waals surface area (Å²) in [4.78, 5) is 32.1. The molecule has 4 saturated carbocycles. The lowest BCUT2D eigenvalue weighted by atomic mass is 9.48. The average molecular weight is 666 g/mol. The van der Waals surface area contributed by atoms with Crippen molar-refractivity contribution in [3.05, 3.63) is 35.4 Å². The Kier molecular flexibility index (Phi) is 10.7. The maximum atomic E-state index is 11.6. The summed E-state index contributed by atoms with van der Waals surface area (Å²) in [6, 6.07) is 9.32. The molecule has 6 bridgehead atoms. The molecule has 46 heavy (non-hydrogen) atoms. The maximum absolute atomic E-state index is 11.6. The number of hydrogen-bond acceptors (Lipinski definition) is 6. The normalized spacial score (nSPS) is 33.0. The van der Waals surface area contributed by atoms with E-state index in [9.17, 15) is 36.2 Å². The number of carbonyl (C=O) groups is 3. The highest BCUT2D eigenvalue weighted by Gasteiger charge is 2.56. The standard InChI is InChI=1S/C27H39N3O2.2C2HF3O2/c28-25(31)21-3-1-2-20(9-21)22-10-23-4-5-24(11-22)30(23)7-6-29-17-26-12-18-8-19(13-26)15-27(32,14-18)16-26;2*3-2(4,5)1(6)7/h1-3,9,18-19,22-24,29,32H,4-8,10-17H2,(H2,28,31);2*(H,6,7). The molecule has 4 unspecified atom stereocenters. The van der Waals surface area contributed by atoms with E-state index in [2.05, 4.69) is 16.3 Å². The summed E-state index contributed by atoms with van der Waals surface area (Å²) in [6.07, 6.45) is 2.01. The first kappa shape index (κ1) is 35.9. The van der Waals surface area contributed by atoms with Gasteiger partial charge in [-0.15, -0.1) is 0 Å². The fourth-order valence-electron chi connectivity index (χ4n) is 9.03. The van der Waals surface area contributed by atoms with Crippen molar-refractivity contribution in [2.75, 3.05) is 19.6 Å². The van der Waals surface area contributed by atoms with Crippen LogP contribution in [0.2, 0.25) is 0 Å². The molecule has 2 aliphatic heterocycles. The summed E-state index contributed by atoms with van der Waals surface area (Å²) in [6.45, 7) is 3.29. The van der Waals surface area contributed by atoms with Gasteiger partial charge in [0.2, 0.25) is 5.91 Å². The Morgan fingerprint density at radius 3 is 1.87 bits per heavy atom. The third kappa shape index (κ3) is 8.91. The van der Waals surface area contributed by atoms with E-state index in [-0.39, 0.29) is 11.5 Å². The van der Waals surface area contributed by atoms with Crippen molar-refractivity contribution in [3.8, 4) is 0 Å². The van der Waals surface area contributed by atoms with Crippen LogP contribution < -0.4 is 11.1 Å². The van der Waals surface area contributed by atoms with E-state index in [1.165, 1.54) is 50.5 Å². The second-order valence-corrected chi connectivity index (χ2v) is 13.7. The number of carbonyl (C=O) groups excluding carboxylic acids is 1. The number of halogens is 6. The predicted octanol–water partition coefficient (Wildman–Crippen LogP) is 4.68. The summed E-state index contributed by atoms with van der Waals surface area (Å²) in [5, 5.41) is 29.1. The van der Waals surface area contributed by atoms with Crippen LogP contribution in [-0.4, -0.2) is 87.7 Å². The molecule has 2 heterocycles. The first-order chi connectivity index (χ1) is 21.3. The topological polar surface area (TPSA) is 153 Å². The van der Waals surface area contributed by atoms with Gasteiger partial charge in [-0.1, -0.05) is 12.1 Å². The zero-order valence-electron chi connectivity index (χ0n) is 25.2. The number of nitrogens with one attached hydrogen (secondary N) is 1. The number of carboxylic acid groups (broad SMARTS) is 2. The van der Waals surface area contributed by atoms with Crippen LogP contribution in [0, 0.1) is 17.3 Å². The lowest BCUT2D eigenvalue weighted by Crippen LogP contribution is -2.58. The number of hydrogen-bond donors (Lipinski definition) is 5. The zero-order valence-corrected chi connectivity index (χ0v) is 25.2. The lowest BCUT2D eigenvalue weighted by molar-refractivity contribution is -0.193. The highest BCUT2D eigenvalue weighted by Crippen LogP contribution is 2.61. The highest BCUT2D eigenvalue weighted by molar-refractivity contribution is 5.92. The lowest BCUT2D eigenvalue weighted by Gasteiger charge is -2.60. The first-order valence-corrected chi connectivity index (χ1v) is 15.5. The van der Waals surface area contributed by atoms with Crippen molar-refractivity contribution in [2.24, 2.45) is 23.0 Å². The number of aliphatic carboxylic acids is 2. The van der Waals surface area contributed by atoms with Gasteiger partial charge in [0.25, 0.3) is 0 Å². The van der Waals surface area contributed by atoms with Crippen LogP contribution in [0.4, 0.5) is 26.3 Å². The smallest absolute Gasteiger partial charge is 0.475 e. The van der Waals surface area contributed by atoms with Crippen molar-refractivity contribution < 1.29 is 56.0 Å². The van der Waals surface area contributed by atoms with Gasteiger partial charge in [-0.05, 0) is 105 Å². The number of rotatable bonds is 7. The van der Waals surface area contributed by atoms with Crippen LogP contribution in [0.3, 0.4) is 0 Å². The number of nitrogens with two attached hydrogens (primary N) is 1. The first-order valence-electron chi connectivity index (χ1n) is 15.5. The van der Waals surface area contributed by atoms with E-state index in [0.29, 0.717) is 29.0 Å². The van der Waals surface area contributed by atoms with Gasteiger partial charge in [0.05, 0.1) is 5.60 Å². The van der Waals surface area contributed by atoms with Crippen molar-refractivity contribution in [2.45, 2.75) is 100 Å². The number of nitrogens with zero attached hydrogens (tertiary/aromatic N) is 1. The number of carboxylic acids is 2. The highest BCUT2D eigenvalue weighted by atomic mass is 19.4. The number of piperidine rings is 1. The molecule has 0 radical (unpaired) electrons. The molecule has 7 rings (SSSR count). The molecule has 2 saturated heterocycles. The van der Waals surface area contributed by atoms with E-state index in [1.807, 2.05) is 18.2 Å².